The van der Waals surface area contributed by atoms with E-state index in [-0.39, 0.29) is 0 Å². The van der Waals surface area contributed by atoms with E-state index in [1.54, 1.807) is 6.07 Å². The van der Waals surface area contributed by atoms with Gasteiger partial charge in [-0.3, -0.25) is 0 Å². The van der Waals surface area contributed by atoms with E-state index >= 15 is 0 Å². The first-order valence-electron chi connectivity index (χ1n) is 8.95. The van der Waals surface area contributed by atoms with Crippen molar-refractivity contribution >= 4 is 28.4 Å². The number of aromatic amines is 1. The monoisotopic (exact) mass is 379 g/mol. The molecule has 0 bridgehead atoms. The molecule has 0 aliphatic carbocycles. The van der Waals surface area contributed by atoms with Crippen LogP contribution in [0.1, 0.15) is 11.3 Å². The normalized spacial score (nSPS) is 11.0. The van der Waals surface area contributed by atoms with Crippen molar-refractivity contribution in [3.63, 3.8) is 0 Å². The van der Waals surface area contributed by atoms with Crippen LogP contribution in [-0.4, -0.2) is 21.5 Å². The molecular formula is C21H19F2N5. The predicted octanol–water partition coefficient (Wildman–Crippen LogP) is 4.94. The summed E-state index contributed by atoms with van der Waals surface area (Å²) in [7, 11) is 0. The number of aromatic nitrogens is 3. The molecule has 28 heavy (non-hydrogen) atoms. The van der Waals surface area contributed by atoms with Gasteiger partial charge in [0.2, 0.25) is 5.95 Å². The van der Waals surface area contributed by atoms with E-state index in [9.17, 15) is 8.78 Å². The van der Waals surface area contributed by atoms with Gasteiger partial charge in [-0.1, -0.05) is 18.2 Å². The molecule has 142 valence electrons. The van der Waals surface area contributed by atoms with Crippen LogP contribution in [0.5, 0.6) is 0 Å². The van der Waals surface area contributed by atoms with Crippen LogP contribution >= 0.6 is 0 Å². The average Bonchev–Trinajstić information content (AvgIpc) is 3.08. The Labute approximate surface area is 160 Å². The molecule has 0 aliphatic rings. The quantitative estimate of drug-likeness (QED) is 0.444. The zero-order chi connectivity index (χ0) is 19.5. The first-order chi connectivity index (χ1) is 13.6. The molecule has 0 atom stereocenters. The Hall–Kier alpha value is -3.48. The van der Waals surface area contributed by atoms with Crippen LogP contribution in [0.2, 0.25) is 0 Å². The van der Waals surface area contributed by atoms with Crippen LogP contribution in [0.4, 0.5) is 26.2 Å². The maximum Gasteiger partial charge on any atom is 0.224 e. The fourth-order valence-electron chi connectivity index (χ4n) is 3.08. The van der Waals surface area contributed by atoms with Gasteiger partial charge in [0.05, 0.1) is 0 Å². The minimum absolute atomic E-state index is 0.418. The molecular weight excluding hydrogens is 360 g/mol. The van der Waals surface area contributed by atoms with Crippen molar-refractivity contribution in [2.24, 2.45) is 0 Å². The van der Waals surface area contributed by atoms with Crippen molar-refractivity contribution in [2.75, 3.05) is 17.2 Å². The second kappa shape index (κ2) is 7.64. The number of halogens is 2. The van der Waals surface area contributed by atoms with Crippen LogP contribution in [0.3, 0.4) is 0 Å². The molecule has 0 amide bonds. The summed E-state index contributed by atoms with van der Waals surface area (Å²) in [4.78, 5) is 12.1. The van der Waals surface area contributed by atoms with Crippen LogP contribution in [0, 0.1) is 18.6 Å². The van der Waals surface area contributed by atoms with Crippen molar-refractivity contribution in [3.8, 4) is 0 Å². The van der Waals surface area contributed by atoms with Crippen LogP contribution in [-0.2, 0) is 6.42 Å². The number of para-hydroxylation sites is 1. The third-order valence-corrected chi connectivity index (χ3v) is 4.40. The molecule has 0 saturated heterocycles. The number of H-pyrrole nitrogens is 1. The van der Waals surface area contributed by atoms with Crippen molar-refractivity contribution in [1.82, 2.24) is 15.0 Å². The lowest BCUT2D eigenvalue weighted by molar-refractivity contribution is 0.509. The van der Waals surface area contributed by atoms with Gasteiger partial charge >= 0.3 is 0 Å². The highest BCUT2D eigenvalue weighted by Gasteiger charge is 2.07. The zero-order valence-corrected chi connectivity index (χ0v) is 15.3. The SMILES string of the molecule is Cc1cc(Nc2ccc(F)c(F)c2)nc(NCCc2c[nH]c3ccccc23)n1. The molecule has 2 aromatic heterocycles. The summed E-state index contributed by atoms with van der Waals surface area (Å²) in [6.07, 6.45) is 2.83. The van der Waals surface area contributed by atoms with E-state index < -0.39 is 11.6 Å². The summed E-state index contributed by atoms with van der Waals surface area (Å²) in [5.74, 6) is -0.810. The van der Waals surface area contributed by atoms with Crippen LogP contribution in [0.15, 0.2) is 54.7 Å². The van der Waals surface area contributed by atoms with Crippen LogP contribution < -0.4 is 10.6 Å². The van der Waals surface area contributed by atoms with Gasteiger partial charge in [0.1, 0.15) is 5.82 Å². The summed E-state index contributed by atoms with van der Waals surface area (Å²) in [5.41, 5.74) is 3.51. The molecule has 7 heteroatoms. The lowest BCUT2D eigenvalue weighted by Crippen LogP contribution is -2.09. The fraction of sp³-hybridized carbons (Fsp3) is 0.143. The van der Waals surface area contributed by atoms with Gasteiger partial charge < -0.3 is 15.6 Å². The van der Waals surface area contributed by atoms with E-state index in [1.807, 2.05) is 31.3 Å². The lowest BCUT2D eigenvalue weighted by Gasteiger charge is -2.10. The maximum atomic E-state index is 13.4. The standard InChI is InChI=1S/C21H19F2N5/c1-13-10-20(27-15-6-7-17(22)18(23)11-15)28-21(26-13)24-9-8-14-12-25-19-5-3-2-4-16(14)19/h2-7,10-12,25H,8-9H2,1H3,(H2,24,26,27,28). The van der Waals surface area contributed by atoms with Crippen molar-refractivity contribution < 1.29 is 8.78 Å². The first kappa shape index (κ1) is 17.9. The van der Waals surface area contributed by atoms with Gasteiger partial charge in [-0.2, -0.15) is 4.98 Å². The number of nitrogens with one attached hydrogen (secondary N) is 3. The third kappa shape index (κ3) is 3.93. The Balaban J connectivity index is 1.44. The number of aryl methyl sites for hydroxylation is 1. The number of rotatable bonds is 6. The smallest absolute Gasteiger partial charge is 0.224 e. The summed E-state index contributed by atoms with van der Waals surface area (Å²) in [6, 6.07) is 13.5. The van der Waals surface area contributed by atoms with Crippen molar-refractivity contribution in [2.45, 2.75) is 13.3 Å². The largest absolute Gasteiger partial charge is 0.361 e. The van der Waals surface area contributed by atoms with E-state index in [2.05, 4.69) is 31.7 Å². The maximum absolute atomic E-state index is 13.4. The van der Waals surface area contributed by atoms with Gasteiger partial charge in [0.15, 0.2) is 11.6 Å². The molecule has 0 aliphatic heterocycles. The topological polar surface area (TPSA) is 65.6 Å². The van der Waals surface area contributed by atoms with Gasteiger partial charge in [-0.05, 0) is 37.1 Å². The number of nitrogens with zero attached hydrogens (tertiary/aromatic N) is 2. The zero-order valence-electron chi connectivity index (χ0n) is 15.3. The second-order valence-electron chi connectivity index (χ2n) is 6.51. The molecule has 2 aromatic carbocycles. The molecule has 4 aromatic rings. The molecule has 0 spiro atoms. The number of hydrogen-bond acceptors (Lipinski definition) is 4. The molecule has 2 heterocycles. The lowest BCUT2D eigenvalue weighted by atomic mass is 10.1. The van der Waals surface area contributed by atoms with E-state index in [0.717, 1.165) is 29.8 Å². The highest BCUT2D eigenvalue weighted by atomic mass is 19.2. The first-order valence-corrected chi connectivity index (χ1v) is 8.95. The van der Waals surface area contributed by atoms with Crippen molar-refractivity contribution in [3.05, 3.63) is 77.6 Å². The molecule has 0 radical (unpaired) electrons. The Morgan fingerprint density at radius 2 is 1.86 bits per heavy atom. The van der Waals surface area contributed by atoms with E-state index in [0.29, 0.717) is 24.0 Å². The molecule has 4 rings (SSSR count). The fourth-order valence-corrected chi connectivity index (χ4v) is 3.08. The van der Waals surface area contributed by atoms with Crippen LogP contribution in [0.25, 0.3) is 10.9 Å². The minimum Gasteiger partial charge on any atom is -0.361 e. The Morgan fingerprint density at radius 1 is 1.00 bits per heavy atom. The van der Waals surface area contributed by atoms with Gasteiger partial charge in [-0.25, -0.2) is 13.8 Å². The Kier molecular flexibility index (Phi) is 4.89. The number of benzene rings is 2. The third-order valence-electron chi connectivity index (χ3n) is 4.40. The molecule has 5 nitrogen and oxygen atoms in total. The van der Waals surface area contributed by atoms with E-state index in [4.69, 9.17) is 0 Å². The van der Waals surface area contributed by atoms with E-state index in [1.165, 1.54) is 17.0 Å². The van der Waals surface area contributed by atoms with Gasteiger partial charge in [0, 0.05) is 47.2 Å². The molecule has 0 unspecified atom stereocenters. The minimum atomic E-state index is -0.909. The Morgan fingerprint density at radius 3 is 2.71 bits per heavy atom. The summed E-state index contributed by atoms with van der Waals surface area (Å²) < 4.78 is 26.5. The highest BCUT2D eigenvalue weighted by Crippen LogP contribution is 2.20. The van der Waals surface area contributed by atoms with Crippen molar-refractivity contribution in [1.29, 1.82) is 0 Å². The molecule has 0 saturated carbocycles. The summed E-state index contributed by atoms with van der Waals surface area (Å²) >= 11 is 0. The number of anilines is 3. The second-order valence-corrected chi connectivity index (χ2v) is 6.51. The summed E-state index contributed by atoms with van der Waals surface area (Å²) in [5, 5.41) is 7.41. The molecule has 3 N–H and O–H groups in total. The van der Waals surface area contributed by atoms with Gasteiger partial charge in [0.25, 0.3) is 0 Å². The Bertz CT molecular complexity index is 1120. The van der Waals surface area contributed by atoms with Gasteiger partial charge in [-0.15, -0.1) is 0 Å². The average molecular weight is 379 g/mol. The number of hydrogen-bond donors (Lipinski definition) is 3. The highest BCUT2D eigenvalue weighted by molar-refractivity contribution is 5.83. The number of fused-ring (bicyclic) bond motifs is 1. The summed E-state index contributed by atoms with van der Waals surface area (Å²) in [6.45, 7) is 2.51. The predicted molar refractivity (Wildman–Crippen MR) is 107 cm³/mol. The molecule has 0 fully saturated rings.